The molecule has 0 radical (unpaired) electrons. The molecule has 0 aliphatic carbocycles. The van der Waals surface area contributed by atoms with Crippen LogP contribution < -0.4 is 0 Å². The minimum Gasteiger partial charge on any atom is -0.462 e. The lowest BCUT2D eigenvalue weighted by Crippen LogP contribution is -2.30. The van der Waals surface area contributed by atoms with E-state index in [1.165, 1.54) is 128 Å². The van der Waals surface area contributed by atoms with Crippen LogP contribution >= 0.6 is 15.6 Å². The van der Waals surface area contributed by atoms with Gasteiger partial charge in [-0.25, -0.2) is 9.13 Å². The molecule has 0 amide bonds. The van der Waals surface area contributed by atoms with Gasteiger partial charge >= 0.3 is 39.5 Å². The average molecular weight is 1280 g/mol. The predicted molar refractivity (Wildman–Crippen MR) is 349 cm³/mol. The zero-order chi connectivity index (χ0) is 64.7. The van der Waals surface area contributed by atoms with Crippen LogP contribution in [0.4, 0.5) is 0 Å². The molecule has 0 saturated carbocycles. The van der Waals surface area contributed by atoms with Crippen LogP contribution in [0.25, 0.3) is 0 Å². The van der Waals surface area contributed by atoms with Crippen molar-refractivity contribution in [3.63, 3.8) is 0 Å². The van der Waals surface area contributed by atoms with Crippen molar-refractivity contribution in [3.05, 3.63) is 0 Å². The topological polar surface area (TPSA) is 237 Å². The zero-order valence-corrected chi connectivity index (χ0v) is 58.4. The molecule has 0 heterocycles. The second-order valence-corrected chi connectivity index (χ2v) is 29.4. The fraction of sp³-hybridized carbons (Fsp3) is 0.941. The van der Waals surface area contributed by atoms with Gasteiger partial charge in [0, 0.05) is 25.7 Å². The summed E-state index contributed by atoms with van der Waals surface area (Å²) < 4.78 is 68.1. The molecule has 19 heteroatoms. The highest BCUT2D eigenvalue weighted by Gasteiger charge is 2.30. The fourth-order valence-electron chi connectivity index (χ4n) is 10.1. The Hall–Kier alpha value is -1.94. The standard InChI is InChI=1S/C68H132O17P2/c1-58(2)44-36-28-20-15-11-9-10-12-17-23-32-40-48-65(70)78-55-64(85-68(73)51-43-35-27-26-31-39-47-61(7)8)57-83-87(76,77)81-53-62(69)52-80-86(74,75)82-56-63(54-79-66(71)49-41-33-25-19-22-30-38-46-60(5)6)84-67(72)50-42-34-24-18-14-13-16-21-29-37-45-59(3)4/h58-64,69H,9-57H2,1-8H3,(H,74,75)(H,76,77)/t62?,63-,64-/m1/s1. The van der Waals surface area contributed by atoms with Crippen molar-refractivity contribution < 1.29 is 80.2 Å². The minimum absolute atomic E-state index is 0.102. The molecule has 0 spiro atoms. The molecule has 17 nitrogen and oxygen atoms in total. The monoisotopic (exact) mass is 1280 g/mol. The van der Waals surface area contributed by atoms with Gasteiger partial charge in [-0.15, -0.1) is 0 Å². The van der Waals surface area contributed by atoms with E-state index < -0.39 is 97.5 Å². The molecule has 0 rings (SSSR count). The van der Waals surface area contributed by atoms with Gasteiger partial charge < -0.3 is 33.8 Å². The van der Waals surface area contributed by atoms with E-state index in [-0.39, 0.29) is 25.7 Å². The zero-order valence-electron chi connectivity index (χ0n) is 56.6. The lowest BCUT2D eigenvalue weighted by molar-refractivity contribution is -0.161. The summed E-state index contributed by atoms with van der Waals surface area (Å²) in [5.74, 6) is 0.771. The van der Waals surface area contributed by atoms with Crippen molar-refractivity contribution in [1.82, 2.24) is 0 Å². The molecule has 3 unspecified atom stereocenters. The Morgan fingerprint density at radius 2 is 0.483 bits per heavy atom. The first-order valence-corrected chi connectivity index (χ1v) is 38.2. The van der Waals surface area contributed by atoms with E-state index in [9.17, 15) is 43.2 Å². The number of aliphatic hydroxyl groups is 1. The number of hydrogen-bond acceptors (Lipinski definition) is 15. The third-order valence-corrected chi connectivity index (χ3v) is 17.5. The van der Waals surface area contributed by atoms with Crippen LogP contribution in [-0.4, -0.2) is 96.7 Å². The van der Waals surface area contributed by atoms with Crippen molar-refractivity contribution in [2.24, 2.45) is 23.7 Å². The van der Waals surface area contributed by atoms with Crippen molar-refractivity contribution in [2.45, 2.75) is 350 Å². The smallest absolute Gasteiger partial charge is 0.462 e. The summed E-state index contributed by atoms with van der Waals surface area (Å²) in [5.41, 5.74) is 0. The molecular weight excluding hydrogens is 1150 g/mol. The Labute approximate surface area is 530 Å². The van der Waals surface area contributed by atoms with Crippen molar-refractivity contribution in [3.8, 4) is 0 Å². The first-order valence-electron chi connectivity index (χ1n) is 35.2. The quantitative estimate of drug-likeness (QED) is 0.0222. The van der Waals surface area contributed by atoms with Gasteiger partial charge in [-0.1, -0.05) is 280 Å². The van der Waals surface area contributed by atoms with Crippen LogP contribution in [0.5, 0.6) is 0 Å². The van der Waals surface area contributed by atoms with E-state index in [2.05, 4.69) is 55.4 Å². The maximum Gasteiger partial charge on any atom is 0.472 e. The highest BCUT2D eigenvalue weighted by Crippen LogP contribution is 2.45. The van der Waals surface area contributed by atoms with E-state index in [0.29, 0.717) is 37.5 Å². The van der Waals surface area contributed by atoms with E-state index >= 15 is 0 Å². The first-order chi connectivity index (χ1) is 41.6. The second-order valence-electron chi connectivity index (χ2n) is 26.5. The molecule has 516 valence electrons. The number of rotatable bonds is 65. The maximum absolute atomic E-state index is 13.0. The van der Waals surface area contributed by atoms with Gasteiger partial charge in [-0.05, 0) is 49.4 Å². The van der Waals surface area contributed by atoms with Gasteiger partial charge in [0.15, 0.2) is 12.2 Å². The lowest BCUT2D eigenvalue weighted by Gasteiger charge is -2.21. The molecule has 3 N–H and O–H groups in total. The van der Waals surface area contributed by atoms with Crippen LogP contribution in [0.15, 0.2) is 0 Å². The van der Waals surface area contributed by atoms with Crippen LogP contribution in [-0.2, 0) is 65.4 Å². The van der Waals surface area contributed by atoms with Gasteiger partial charge in [-0.3, -0.25) is 37.3 Å². The van der Waals surface area contributed by atoms with Crippen LogP contribution in [0.2, 0.25) is 0 Å². The summed E-state index contributed by atoms with van der Waals surface area (Å²) in [7, 11) is -9.90. The average Bonchev–Trinajstić information content (AvgIpc) is 3.59. The molecule has 5 atom stereocenters. The Balaban J connectivity index is 5.21. The van der Waals surface area contributed by atoms with Crippen molar-refractivity contribution in [2.75, 3.05) is 39.6 Å². The summed E-state index contributed by atoms with van der Waals surface area (Å²) in [5, 5.41) is 10.6. The molecule has 87 heavy (non-hydrogen) atoms. The van der Waals surface area contributed by atoms with E-state index in [4.69, 9.17) is 37.0 Å². The van der Waals surface area contributed by atoms with Crippen molar-refractivity contribution >= 4 is 39.5 Å². The number of phosphoric ester groups is 2. The lowest BCUT2D eigenvalue weighted by atomic mass is 10.0. The third kappa shape index (κ3) is 62.6. The number of aliphatic hydroxyl groups excluding tert-OH is 1. The molecule has 0 aliphatic heterocycles. The van der Waals surface area contributed by atoms with Crippen LogP contribution in [0, 0.1) is 23.7 Å². The fourth-order valence-corrected chi connectivity index (χ4v) is 11.7. The third-order valence-electron chi connectivity index (χ3n) is 15.6. The van der Waals surface area contributed by atoms with Crippen LogP contribution in [0.1, 0.15) is 331 Å². The van der Waals surface area contributed by atoms with E-state index in [1.54, 1.807) is 0 Å². The Morgan fingerprint density at radius 3 is 0.713 bits per heavy atom. The largest absolute Gasteiger partial charge is 0.472 e. The van der Waals surface area contributed by atoms with Gasteiger partial charge in [-0.2, -0.15) is 0 Å². The SMILES string of the molecule is CC(C)CCCCCCCCCCCCCCC(=O)OC[C@H](COP(=O)(O)OCC(O)COP(=O)(O)OC[C@@H](COC(=O)CCCCCCCCCC(C)C)OC(=O)CCCCCCCCCCCCC(C)C)OC(=O)CCCCCCCCC(C)C. The summed E-state index contributed by atoms with van der Waals surface area (Å²) in [6, 6.07) is 0. The summed E-state index contributed by atoms with van der Waals surface area (Å²) in [6.07, 6.45) is 39.2. The summed E-state index contributed by atoms with van der Waals surface area (Å²) >= 11 is 0. The summed E-state index contributed by atoms with van der Waals surface area (Å²) in [6.45, 7) is 14.0. The number of esters is 4. The number of phosphoric acid groups is 2. The molecule has 0 saturated heterocycles. The first kappa shape index (κ1) is 85.1. The van der Waals surface area contributed by atoms with E-state index in [0.717, 1.165) is 108 Å². The van der Waals surface area contributed by atoms with E-state index in [1.807, 2.05) is 0 Å². The number of ether oxygens (including phenoxy) is 4. The normalized spacial score (nSPS) is 14.3. The number of carbonyl (C=O) groups excluding carboxylic acids is 4. The van der Waals surface area contributed by atoms with Gasteiger partial charge in [0.2, 0.25) is 0 Å². The number of carbonyl (C=O) groups is 4. The minimum atomic E-state index is -4.95. The Kier molecular flexibility index (Phi) is 56.6. The van der Waals surface area contributed by atoms with Gasteiger partial charge in [0.1, 0.15) is 19.3 Å². The second kappa shape index (κ2) is 57.9. The molecular formula is C68H132O17P2. The Morgan fingerprint density at radius 1 is 0.287 bits per heavy atom. The molecule has 0 aromatic rings. The maximum atomic E-state index is 13.0. The summed E-state index contributed by atoms with van der Waals surface area (Å²) in [4.78, 5) is 72.4. The Bertz CT molecular complexity index is 1730. The number of unbranched alkanes of at least 4 members (excludes halogenated alkanes) is 31. The van der Waals surface area contributed by atoms with Crippen LogP contribution in [0.3, 0.4) is 0 Å². The highest BCUT2D eigenvalue weighted by molar-refractivity contribution is 7.47. The predicted octanol–water partition coefficient (Wildman–Crippen LogP) is 18.9. The molecule has 0 aromatic carbocycles. The highest BCUT2D eigenvalue weighted by atomic mass is 31.2. The van der Waals surface area contributed by atoms with Gasteiger partial charge in [0.25, 0.3) is 0 Å². The van der Waals surface area contributed by atoms with Crippen molar-refractivity contribution in [1.29, 1.82) is 0 Å². The number of hydrogen-bond donors (Lipinski definition) is 3. The molecule has 0 bridgehead atoms. The van der Waals surface area contributed by atoms with Gasteiger partial charge in [0.05, 0.1) is 26.4 Å². The molecule has 0 aromatic heterocycles. The molecule has 0 fully saturated rings. The molecule has 0 aliphatic rings.